The van der Waals surface area contributed by atoms with Gasteiger partial charge in [0.15, 0.2) is 11.9 Å². The van der Waals surface area contributed by atoms with Gasteiger partial charge in [0.1, 0.15) is 11.5 Å². The molecule has 1 aromatic carbocycles. The number of aliphatic hydroxyl groups excluding tert-OH is 1. The summed E-state index contributed by atoms with van der Waals surface area (Å²) in [6.45, 7) is 19.6. The van der Waals surface area contributed by atoms with Gasteiger partial charge < -0.3 is 48.5 Å². The van der Waals surface area contributed by atoms with Crippen LogP contribution in [-0.2, 0) is 49.2 Å². The predicted molar refractivity (Wildman–Crippen MR) is 244 cm³/mol. The molecule has 0 saturated carbocycles. The first-order chi connectivity index (χ1) is 30.7. The molecule has 366 valence electrons. The van der Waals surface area contributed by atoms with Gasteiger partial charge >= 0.3 is 11.9 Å². The molecule has 3 N–H and O–H groups in total. The Morgan fingerprint density at radius 1 is 0.877 bits per heavy atom. The van der Waals surface area contributed by atoms with Crippen LogP contribution in [0.15, 0.2) is 36.4 Å². The molecule has 0 bridgehead atoms. The van der Waals surface area contributed by atoms with Crippen molar-refractivity contribution in [1.29, 1.82) is 0 Å². The Labute approximate surface area is 387 Å². The normalized spacial score (nSPS) is 39.6. The smallest absolute Gasteiger partial charge is 0.309 e. The van der Waals surface area contributed by atoms with Crippen molar-refractivity contribution in [2.24, 2.45) is 41.4 Å². The number of carbonyl (C=O) groups is 3. The molecule has 13 heteroatoms. The lowest BCUT2D eigenvalue weighted by Crippen LogP contribution is -2.63. The van der Waals surface area contributed by atoms with E-state index in [-0.39, 0.29) is 36.1 Å². The quantitative estimate of drug-likeness (QED) is 0.100. The van der Waals surface area contributed by atoms with E-state index in [9.17, 15) is 29.7 Å². The topological polar surface area (TPSA) is 177 Å². The van der Waals surface area contributed by atoms with Gasteiger partial charge in [-0.2, -0.15) is 0 Å². The second-order valence-electron chi connectivity index (χ2n) is 20.7. The summed E-state index contributed by atoms with van der Waals surface area (Å²) < 4.78 is 46.2. The number of ketones is 1. The van der Waals surface area contributed by atoms with E-state index in [0.717, 1.165) is 17.7 Å². The first kappa shape index (κ1) is 51.5. The number of rotatable bonds is 17. The third-order valence-electron chi connectivity index (χ3n) is 16.5. The zero-order chi connectivity index (χ0) is 47.6. The van der Waals surface area contributed by atoms with Crippen LogP contribution in [0.3, 0.4) is 0 Å². The second-order valence-corrected chi connectivity index (χ2v) is 20.7. The number of carboxylic acid groups (broad SMARTS) is 1. The molecule has 0 amide bonds. The van der Waals surface area contributed by atoms with Gasteiger partial charge in [0.25, 0.3) is 0 Å². The summed E-state index contributed by atoms with van der Waals surface area (Å²) in [7, 11) is 1.61. The molecule has 65 heavy (non-hydrogen) atoms. The van der Waals surface area contributed by atoms with Crippen LogP contribution in [0.25, 0.3) is 0 Å². The highest BCUT2D eigenvalue weighted by atomic mass is 16.8. The fourth-order valence-corrected chi connectivity index (χ4v) is 11.8. The minimum atomic E-state index is -1.44. The van der Waals surface area contributed by atoms with Crippen molar-refractivity contribution in [2.45, 2.75) is 212 Å². The van der Waals surface area contributed by atoms with Crippen molar-refractivity contribution < 1.29 is 62.9 Å². The summed E-state index contributed by atoms with van der Waals surface area (Å²) in [5.41, 5.74) is -0.803. The highest BCUT2D eigenvalue weighted by Crippen LogP contribution is 2.55. The molecule has 5 heterocycles. The Balaban J connectivity index is 1.23. The highest BCUT2D eigenvalue weighted by molar-refractivity contribution is 5.84. The monoisotopic (exact) mass is 913 g/mol. The molecule has 6 rings (SSSR count). The number of carbonyl (C=O) groups excluding carboxylic acids is 2. The molecule has 0 aliphatic carbocycles. The molecule has 0 unspecified atom stereocenters. The summed E-state index contributed by atoms with van der Waals surface area (Å²) in [5, 5.41) is 33.0. The minimum absolute atomic E-state index is 0.0404. The van der Waals surface area contributed by atoms with Crippen molar-refractivity contribution >= 4 is 17.7 Å². The van der Waals surface area contributed by atoms with Crippen molar-refractivity contribution in [3.63, 3.8) is 0 Å². The van der Waals surface area contributed by atoms with Crippen molar-refractivity contribution in [2.75, 3.05) is 7.11 Å². The zero-order valence-electron chi connectivity index (χ0n) is 41.0. The fourth-order valence-electron chi connectivity index (χ4n) is 11.8. The molecule has 5 aliphatic heterocycles. The molecule has 5 aliphatic rings. The Morgan fingerprint density at radius 3 is 2.18 bits per heavy atom. The number of methoxy groups -OCH3 is 1. The van der Waals surface area contributed by atoms with Gasteiger partial charge in [0.05, 0.1) is 60.9 Å². The third-order valence-corrected chi connectivity index (χ3v) is 16.5. The summed E-state index contributed by atoms with van der Waals surface area (Å²) in [5.74, 6) is -5.95. The van der Waals surface area contributed by atoms with Gasteiger partial charge in [-0.15, -0.1) is 0 Å². The fraction of sp³-hybridized carbons (Fsp3) is 0.788. The number of aryl methyl sites for hydroxylation is 1. The van der Waals surface area contributed by atoms with E-state index in [1.165, 1.54) is 0 Å². The summed E-state index contributed by atoms with van der Waals surface area (Å²) in [4.78, 5) is 40.5. The SMILES string of the molecule is CC[C@@H](C(=O)[C@@H](C)[C@@H](O)[C@H](C)[C@@H]1O[C@@H]([C@@H](CC)C(=O)O)CC[C@@H]1C)[C@H]1O[C@]2(C=C[C@@H](OC(=O)CCc3ccc(OC)cc3)[C@]3(CC[C@@](C)([C@H]4CC[C@](O)(CC)[C@H](C)O4)O3)O2)[C@H](C)C[C@@H]1C. The average Bonchev–Trinajstić information content (AvgIpc) is 3.63. The molecule has 2 spiro atoms. The Hall–Kier alpha value is -2.91. The van der Waals surface area contributed by atoms with E-state index < -0.39 is 95.0 Å². The van der Waals surface area contributed by atoms with Gasteiger partial charge in [-0.3, -0.25) is 14.4 Å². The number of aliphatic carboxylic acids is 1. The molecule has 0 radical (unpaired) electrons. The number of carboxylic acids is 1. The average molecular weight is 913 g/mol. The van der Waals surface area contributed by atoms with Gasteiger partial charge in [-0.1, -0.05) is 67.5 Å². The van der Waals surface area contributed by atoms with Crippen LogP contribution in [0.2, 0.25) is 0 Å². The Kier molecular flexibility index (Phi) is 16.4. The molecule has 18 atom stereocenters. The van der Waals surface area contributed by atoms with Crippen molar-refractivity contribution in [3.05, 3.63) is 42.0 Å². The molecular formula is C52H80O13. The lowest BCUT2D eigenvalue weighted by Gasteiger charge is -2.54. The number of hydrogen-bond acceptors (Lipinski definition) is 12. The number of esters is 1. The lowest BCUT2D eigenvalue weighted by molar-refractivity contribution is -0.409. The van der Waals surface area contributed by atoms with Gasteiger partial charge in [0, 0.05) is 36.5 Å². The lowest BCUT2D eigenvalue weighted by atomic mass is 9.72. The Morgan fingerprint density at radius 2 is 1.57 bits per heavy atom. The number of benzene rings is 1. The maximum atomic E-state index is 14.7. The van der Waals surface area contributed by atoms with Gasteiger partial charge in [0.2, 0.25) is 5.79 Å². The van der Waals surface area contributed by atoms with E-state index in [4.69, 9.17) is 33.2 Å². The van der Waals surface area contributed by atoms with Crippen LogP contribution in [0.4, 0.5) is 0 Å². The molecule has 0 aromatic heterocycles. The standard InChI is InChI=1S/C52H80O13/c1-12-38(48(56)57)40-21-15-30(4)46(61-40)34(8)44(54)33(7)45(55)39(13-2)47-31(5)29-32(6)51(63-47)26-24-42(62-43(53)22-18-36-16-19-37(59-11)20-17-36)52(65-51)28-27-49(10,64-52)41-23-25-50(58,14-3)35(9)60-41/h16-17,19-20,24,26,30-35,38-42,44,46-47,54,58H,12-15,18,21-23,25,27-29H2,1-11H3,(H,56,57)/t30-,31-,32+,33-,34-,35-,38+,39-,40+,41+,42+,44+,46+,47-,49-,50+,51-,52-/m0/s1. The van der Waals surface area contributed by atoms with E-state index in [2.05, 4.69) is 20.8 Å². The maximum absolute atomic E-state index is 14.7. The van der Waals surface area contributed by atoms with Crippen LogP contribution in [0.1, 0.15) is 145 Å². The second kappa shape index (κ2) is 20.8. The number of hydrogen-bond donors (Lipinski definition) is 3. The van der Waals surface area contributed by atoms with E-state index in [0.29, 0.717) is 64.2 Å². The summed E-state index contributed by atoms with van der Waals surface area (Å²) in [6, 6.07) is 7.59. The maximum Gasteiger partial charge on any atom is 0.309 e. The molecule has 1 aromatic rings. The molecule has 4 saturated heterocycles. The summed E-state index contributed by atoms with van der Waals surface area (Å²) in [6.07, 6.45) is 5.80. The van der Waals surface area contributed by atoms with E-state index in [1.807, 2.05) is 78.0 Å². The zero-order valence-corrected chi connectivity index (χ0v) is 41.0. The molecule has 4 fully saturated rings. The van der Waals surface area contributed by atoms with Crippen LogP contribution >= 0.6 is 0 Å². The minimum Gasteiger partial charge on any atom is -0.497 e. The van der Waals surface area contributed by atoms with Crippen LogP contribution < -0.4 is 4.74 Å². The molecular weight excluding hydrogens is 833 g/mol. The van der Waals surface area contributed by atoms with E-state index >= 15 is 0 Å². The van der Waals surface area contributed by atoms with Gasteiger partial charge in [-0.05, 0) is 120 Å². The predicted octanol–water partition coefficient (Wildman–Crippen LogP) is 8.38. The Bertz CT molecular complexity index is 1820. The first-order valence-electron chi connectivity index (χ1n) is 24.8. The van der Waals surface area contributed by atoms with Crippen molar-refractivity contribution in [1.82, 2.24) is 0 Å². The molecule has 13 nitrogen and oxygen atoms in total. The van der Waals surface area contributed by atoms with E-state index in [1.54, 1.807) is 14.0 Å². The van der Waals surface area contributed by atoms with Crippen LogP contribution in [0, 0.1) is 41.4 Å². The van der Waals surface area contributed by atoms with Crippen molar-refractivity contribution in [3.8, 4) is 5.75 Å². The number of ether oxygens (including phenoxy) is 7. The highest BCUT2D eigenvalue weighted by Gasteiger charge is 2.64. The van der Waals surface area contributed by atoms with Crippen LogP contribution in [0.5, 0.6) is 5.75 Å². The largest absolute Gasteiger partial charge is 0.497 e. The van der Waals surface area contributed by atoms with Crippen LogP contribution in [-0.4, -0.2) is 106 Å². The first-order valence-corrected chi connectivity index (χ1v) is 24.8. The van der Waals surface area contributed by atoms with Gasteiger partial charge in [-0.25, -0.2) is 0 Å². The number of aliphatic hydroxyl groups is 2. The number of Topliss-reactive ketones (excluding diaryl/α,β-unsaturated/α-hetero) is 1. The third kappa shape index (κ3) is 10.6. The summed E-state index contributed by atoms with van der Waals surface area (Å²) >= 11 is 0.